The van der Waals surface area contributed by atoms with E-state index in [0.29, 0.717) is 5.69 Å². The zero-order chi connectivity index (χ0) is 14.0. The predicted molar refractivity (Wildman–Crippen MR) is 79.9 cm³/mol. The van der Waals surface area contributed by atoms with E-state index in [4.69, 9.17) is 5.11 Å². The monoisotopic (exact) mass is 361 g/mol. The predicted octanol–water partition coefficient (Wildman–Crippen LogP) is 3.11. The summed E-state index contributed by atoms with van der Waals surface area (Å²) in [6, 6.07) is 8.22. The highest BCUT2D eigenvalue weighted by Gasteiger charge is 2.18. The number of thiophene rings is 1. The van der Waals surface area contributed by atoms with Gasteiger partial charge in [-0.2, -0.15) is 0 Å². The maximum Gasteiger partial charge on any atom is 0.271 e. The number of sulfonamides is 1. The van der Waals surface area contributed by atoms with Crippen LogP contribution in [0.15, 0.2) is 38.3 Å². The Morgan fingerprint density at radius 2 is 1.95 bits per heavy atom. The van der Waals surface area contributed by atoms with Crippen LogP contribution in [0.3, 0.4) is 0 Å². The summed E-state index contributed by atoms with van der Waals surface area (Å²) < 4.78 is 27.9. The van der Waals surface area contributed by atoms with Crippen molar-refractivity contribution < 1.29 is 13.5 Å². The molecular formula is C12H12BrNO3S2. The van der Waals surface area contributed by atoms with E-state index < -0.39 is 10.0 Å². The summed E-state index contributed by atoms with van der Waals surface area (Å²) in [5.74, 6) is 0. The lowest BCUT2D eigenvalue weighted by Crippen LogP contribution is -2.11. The summed E-state index contributed by atoms with van der Waals surface area (Å²) in [5, 5.41) is 8.93. The van der Waals surface area contributed by atoms with Gasteiger partial charge in [0, 0.05) is 5.69 Å². The fraction of sp³-hybridized carbons (Fsp3) is 0.167. The second-order valence-electron chi connectivity index (χ2n) is 3.98. The zero-order valence-corrected chi connectivity index (χ0v) is 13.3. The largest absolute Gasteiger partial charge is 0.392 e. The minimum Gasteiger partial charge on any atom is -0.392 e. The molecule has 0 aliphatic carbocycles. The molecule has 0 aliphatic rings. The number of aliphatic hydroxyl groups excluding tert-OH is 1. The standard InChI is InChI=1S/C12H12BrNO3S2/c1-8-6-11(18-12(8)13)19(16,17)14-10-4-2-9(7-15)3-5-10/h2-6,14-15H,7H2,1H3. The number of nitrogens with one attached hydrogen (secondary N) is 1. The lowest BCUT2D eigenvalue weighted by molar-refractivity contribution is 0.282. The highest BCUT2D eigenvalue weighted by Crippen LogP contribution is 2.31. The van der Waals surface area contributed by atoms with Crippen LogP contribution in [-0.4, -0.2) is 13.5 Å². The maximum atomic E-state index is 12.2. The van der Waals surface area contributed by atoms with Gasteiger partial charge in [0.25, 0.3) is 10.0 Å². The first kappa shape index (κ1) is 14.5. The minimum absolute atomic E-state index is 0.0654. The molecule has 0 spiro atoms. The molecule has 4 nitrogen and oxygen atoms in total. The summed E-state index contributed by atoms with van der Waals surface area (Å²) in [6.45, 7) is 1.78. The molecule has 1 aromatic heterocycles. The molecule has 0 aliphatic heterocycles. The Kier molecular flexibility index (Phi) is 4.29. The third-order valence-electron chi connectivity index (χ3n) is 2.49. The summed E-state index contributed by atoms with van der Waals surface area (Å²) in [6.07, 6.45) is 0. The van der Waals surface area contributed by atoms with Gasteiger partial charge in [-0.05, 0) is 52.2 Å². The third kappa shape index (κ3) is 3.36. The van der Waals surface area contributed by atoms with E-state index in [1.54, 1.807) is 30.3 Å². The Bertz CT molecular complexity index is 658. The highest BCUT2D eigenvalue weighted by atomic mass is 79.9. The first-order valence-electron chi connectivity index (χ1n) is 5.41. The average molecular weight is 362 g/mol. The van der Waals surface area contributed by atoms with Crippen LogP contribution in [0.25, 0.3) is 0 Å². The Morgan fingerprint density at radius 3 is 2.42 bits per heavy atom. The second kappa shape index (κ2) is 5.62. The number of halogens is 1. The Morgan fingerprint density at radius 1 is 1.32 bits per heavy atom. The first-order valence-corrected chi connectivity index (χ1v) is 8.50. The lowest BCUT2D eigenvalue weighted by atomic mass is 10.2. The lowest BCUT2D eigenvalue weighted by Gasteiger charge is -2.06. The van der Waals surface area contributed by atoms with E-state index in [2.05, 4.69) is 20.7 Å². The molecule has 2 N–H and O–H groups in total. The fourth-order valence-corrected chi connectivity index (χ4v) is 4.73. The zero-order valence-electron chi connectivity index (χ0n) is 10.1. The van der Waals surface area contributed by atoms with Crippen LogP contribution in [0.1, 0.15) is 11.1 Å². The van der Waals surface area contributed by atoms with E-state index in [9.17, 15) is 8.42 Å². The van der Waals surface area contributed by atoms with Gasteiger partial charge in [-0.3, -0.25) is 4.72 Å². The van der Waals surface area contributed by atoms with Crippen molar-refractivity contribution in [3.8, 4) is 0 Å². The number of benzene rings is 1. The van der Waals surface area contributed by atoms with Crippen LogP contribution in [-0.2, 0) is 16.6 Å². The smallest absolute Gasteiger partial charge is 0.271 e. The van der Waals surface area contributed by atoms with E-state index >= 15 is 0 Å². The van der Waals surface area contributed by atoms with Crippen molar-refractivity contribution >= 4 is 43.0 Å². The van der Waals surface area contributed by atoms with Gasteiger partial charge in [0.15, 0.2) is 0 Å². The molecule has 0 radical (unpaired) electrons. The minimum atomic E-state index is -3.56. The molecule has 0 amide bonds. The summed E-state index contributed by atoms with van der Waals surface area (Å²) in [7, 11) is -3.56. The number of rotatable bonds is 4. The molecule has 2 rings (SSSR count). The third-order valence-corrected chi connectivity index (χ3v) is 6.48. The topological polar surface area (TPSA) is 66.4 Å². The van der Waals surface area contributed by atoms with Crippen LogP contribution >= 0.6 is 27.3 Å². The summed E-state index contributed by atoms with van der Waals surface area (Å²) >= 11 is 4.49. The molecule has 1 heterocycles. The molecule has 0 atom stereocenters. The molecule has 1 aromatic carbocycles. The van der Waals surface area contributed by atoms with Gasteiger partial charge in [0.05, 0.1) is 10.4 Å². The molecule has 0 saturated heterocycles. The average Bonchev–Trinajstić information content (AvgIpc) is 2.71. The number of hydrogen-bond donors (Lipinski definition) is 2. The number of anilines is 1. The SMILES string of the molecule is Cc1cc(S(=O)(=O)Nc2ccc(CO)cc2)sc1Br. The van der Waals surface area contributed by atoms with Gasteiger partial charge in [-0.15, -0.1) is 11.3 Å². The molecule has 7 heteroatoms. The first-order chi connectivity index (χ1) is 8.92. The van der Waals surface area contributed by atoms with Crippen LogP contribution in [0.5, 0.6) is 0 Å². The molecule has 102 valence electrons. The summed E-state index contributed by atoms with van der Waals surface area (Å²) in [5.41, 5.74) is 2.10. The van der Waals surface area contributed by atoms with Gasteiger partial charge in [-0.1, -0.05) is 12.1 Å². The second-order valence-corrected chi connectivity index (χ2v) is 8.26. The van der Waals surface area contributed by atoms with Crippen LogP contribution in [0, 0.1) is 6.92 Å². The quantitative estimate of drug-likeness (QED) is 0.878. The van der Waals surface area contributed by atoms with Gasteiger partial charge >= 0.3 is 0 Å². The van der Waals surface area contributed by atoms with Crippen molar-refractivity contribution in [1.29, 1.82) is 0 Å². The fourth-order valence-electron chi connectivity index (χ4n) is 1.45. The van der Waals surface area contributed by atoms with Crippen LogP contribution in [0.4, 0.5) is 5.69 Å². The van der Waals surface area contributed by atoms with Gasteiger partial charge in [0.2, 0.25) is 0 Å². The van der Waals surface area contributed by atoms with Crippen molar-refractivity contribution in [2.75, 3.05) is 4.72 Å². The number of aliphatic hydroxyl groups is 1. The Hall–Kier alpha value is -0.890. The van der Waals surface area contributed by atoms with Crippen LogP contribution in [0.2, 0.25) is 0 Å². The van der Waals surface area contributed by atoms with Gasteiger partial charge in [0.1, 0.15) is 4.21 Å². The van der Waals surface area contributed by atoms with E-state index in [1.807, 2.05) is 6.92 Å². The Labute approximate surface area is 124 Å². The number of hydrogen-bond acceptors (Lipinski definition) is 4. The van der Waals surface area contributed by atoms with Crippen molar-refractivity contribution in [2.45, 2.75) is 17.7 Å². The summed E-state index contributed by atoms with van der Waals surface area (Å²) in [4.78, 5) is 0. The molecule has 0 saturated carbocycles. The highest BCUT2D eigenvalue weighted by molar-refractivity contribution is 9.11. The van der Waals surface area contributed by atoms with Gasteiger partial charge < -0.3 is 5.11 Å². The van der Waals surface area contributed by atoms with Crippen molar-refractivity contribution in [3.05, 3.63) is 45.2 Å². The normalized spacial score (nSPS) is 11.5. The van der Waals surface area contributed by atoms with E-state index in [0.717, 1.165) is 14.9 Å². The number of aryl methyl sites for hydroxylation is 1. The molecular weight excluding hydrogens is 350 g/mol. The van der Waals surface area contributed by atoms with Crippen molar-refractivity contribution in [2.24, 2.45) is 0 Å². The van der Waals surface area contributed by atoms with Gasteiger partial charge in [-0.25, -0.2) is 8.42 Å². The molecule has 19 heavy (non-hydrogen) atoms. The van der Waals surface area contributed by atoms with Crippen LogP contribution < -0.4 is 4.72 Å². The van der Waals surface area contributed by atoms with Crippen molar-refractivity contribution in [1.82, 2.24) is 0 Å². The van der Waals surface area contributed by atoms with E-state index in [-0.39, 0.29) is 10.8 Å². The van der Waals surface area contributed by atoms with E-state index in [1.165, 1.54) is 11.3 Å². The molecule has 0 fully saturated rings. The van der Waals surface area contributed by atoms with Crippen molar-refractivity contribution in [3.63, 3.8) is 0 Å². The molecule has 0 unspecified atom stereocenters. The Balaban J connectivity index is 2.25. The molecule has 2 aromatic rings. The molecule has 0 bridgehead atoms. The maximum absolute atomic E-state index is 12.2.